The summed E-state index contributed by atoms with van der Waals surface area (Å²) in [7, 11) is 0. The van der Waals surface area contributed by atoms with Gasteiger partial charge in [0.2, 0.25) is 11.7 Å². The van der Waals surface area contributed by atoms with Crippen LogP contribution in [0.15, 0.2) is 17.2 Å². The zero-order valence-electron chi connectivity index (χ0n) is 27.3. The molecule has 5 aliphatic rings. The van der Waals surface area contributed by atoms with Gasteiger partial charge in [0.15, 0.2) is 17.3 Å². The first-order valence-corrected chi connectivity index (χ1v) is 16.5. The van der Waals surface area contributed by atoms with Crippen molar-refractivity contribution in [2.45, 2.75) is 77.1 Å². The van der Waals surface area contributed by atoms with Crippen molar-refractivity contribution < 1.29 is 32.6 Å². The van der Waals surface area contributed by atoms with Crippen LogP contribution in [0.2, 0.25) is 0 Å². The van der Waals surface area contributed by atoms with E-state index in [-0.39, 0.29) is 54.6 Å². The average Bonchev–Trinajstić information content (AvgIpc) is 3.50. The van der Waals surface area contributed by atoms with Gasteiger partial charge >= 0.3 is 6.18 Å². The van der Waals surface area contributed by atoms with E-state index < -0.39 is 29.6 Å². The highest BCUT2D eigenvalue weighted by Gasteiger charge is 2.68. The van der Waals surface area contributed by atoms with Gasteiger partial charge in [0.05, 0.1) is 24.6 Å². The summed E-state index contributed by atoms with van der Waals surface area (Å²) in [5.74, 6) is -0.449. The summed E-state index contributed by atoms with van der Waals surface area (Å²) in [6.45, 7) is 5.26. The minimum Gasteiger partial charge on any atom is -0.504 e. The number of amides is 2. The third kappa shape index (κ3) is 6.01. The van der Waals surface area contributed by atoms with E-state index in [0.29, 0.717) is 81.3 Å². The van der Waals surface area contributed by atoms with Crippen LogP contribution in [0.25, 0.3) is 11.4 Å². The smallest absolute Gasteiger partial charge is 0.389 e. The van der Waals surface area contributed by atoms with Gasteiger partial charge in [-0.25, -0.2) is 9.97 Å². The Bertz CT molecular complexity index is 1890. The van der Waals surface area contributed by atoms with Gasteiger partial charge in [0, 0.05) is 38.1 Å². The van der Waals surface area contributed by atoms with E-state index in [4.69, 9.17) is 9.72 Å². The highest BCUT2D eigenvalue weighted by molar-refractivity contribution is 5.95. The minimum absolute atomic E-state index is 0.0694. The molecule has 3 aliphatic carbocycles. The second-order valence-corrected chi connectivity index (χ2v) is 13.7. The highest BCUT2D eigenvalue weighted by Crippen LogP contribution is 2.69. The van der Waals surface area contributed by atoms with Crippen molar-refractivity contribution in [2.24, 2.45) is 5.41 Å². The molecule has 0 atom stereocenters. The highest BCUT2D eigenvalue weighted by atomic mass is 19.4. The quantitative estimate of drug-likeness (QED) is 0.343. The van der Waals surface area contributed by atoms with Crippen molar-refractivity contribution in [3.63, 3.8) is 0 Å². The standard InChI is InChI=1S/C32H38F3N9O5/c1-3-21-24(41-8-10-42(11-9-41)27(47)23-25(46)19(2)36-18-37-23)28(48)44-29(38-26(40-44)20-4-12-49-13-5-20)43(21)14-22(45)39-31-15-30(16-31,17-31)6-7-32(33,34)35/h4,18,46H,3,5-17H2,1-2H3,(H,39,45). The molecule has 2 aliphatic heterocycles. The lowest BCUT2D eigenvalue weighted by Crippen LogP contribution is -2.74. The topological polar surface area (TPSA) is 160 Å². The van der Waals surface area contributed by atoms with Crippen LogP contribution >= 0.6 is 0 Å². The molecule has 2 amide bonds. The normalized spacial score (nSPS) is 23.6. The fourth-order valence-electron chi connectivity index (χ4n) is 7.98. The van der Waals surface area contributed by atoms with E-state index in [1.54, 1.807) is 16.4 Å². The molecule has 0 unspecified atom stereocenters. The van der Waals surface area contributed by atoms with Crippen LogP contribution in [0, 0.1) is 12.3 Å². The molecule has 2 bridgehead atoms. The Morgan fingerprint density at radius 3 is 2.51 bits per heavy atom. The van der Waals surface area contributed by atoms with Gasteiger partial charge in [-0.2, -0.15) is 22.7 Å². The SMILES string of the molecule is CCc1c(N2CCN(C(=O)c3ncnc(C)c3O)CC2)c(=O)n2nc(C3=CCOCC3)nc2n1CC(=O)NC12CC(CCC(F)(F)F)(C1)C2. The van der Waals surface area contributed by atoms with Gasteiger partial charge in [-0.05, 0) is 56.4 Å². The minimum atomic E-state index is -4.20. The molecule has 0 radical (unpaired) electrons. The van der Waals surface area contributed by atoms with Gasteiger partial charge < -0.3 is 29.5 Å². The number of carbonyl (C=O) groups excluding carboxylic acids is 2. The number of aromatic nitrogens is 6. The van der Waals surface area contributed by atoms with Gasteiger partial charge in [-0.1, -0.05) is 13.0 Å². The van der Waals surface area contributed by atoms with Crippen molar-refractivity contribution in [1.82, 2.24) is 39.3 Å². The van der Waals surface area contributed by atoms with Crippen LogP contribution < -0.4 is 15.8 Å². The Hall–Kier alpha value is -4.54. The number of halogens is 3. The fourth-order valence-corrected chi connectivity index (χ4v) is 7.98. The van der Waals surface area contributed by atoms with Gasteiger partial charge in [0.25, 0.3) is 11.5 Å². The molecule has 17 heteroatoms. The van der Waals surface area contributed by atoms with Crippen molar-refractivity contribution >= 4 is 28.9 Å². The number of nitrogens with one attached hydrogen (secondary N) is 1. The maximum absolute atomic E-state index is 14.2. The molecule has 5 heterocycles. The average molecular weight is 686 g/mol. The van der Waals surface area contributed by atoms with Crippen molar-refractivity contribution in [3.8, 4) is 5.75 Å². The summed E-state index contributed by atoms with van der Waals surface area (Å²) >= 11 is 0. The molecule has 49 heavy (non-hydrogen) atoms. The summed E-state index contributed by atoms with van der Waals surface area (Å²) in [5, 5.41) is 18.0. The number of carbonyl (C=O) groups is 2. The number of hydrogen-bond donors (Lipinski definition) is 2. The Kier molecular flexibility index (Phi) is 8.15. The number of piperazine rings is 1. The number of nitrogens with zero attached hydrogens (tertiary/aromatic N) is 8. The monoisotopic (exact) mass is 685 g/mol. The number of aryl methyl sites for hydroxylation is 1. The van der Waals surface area contributed by atoms with E-state index in [1.165, 1.54) is 10.8 Å². The molecule has 4 fully saturated rings. The third-order valence-corrected chi connectivity index (χ3v) is 10.3. The Labute approximate surface area is 279 Å². The number of hydrogen-bond acceptors (Lipinski definition) is 10. The number of anilines is 1. The lowest BCUT2D eigenvalue weighted by atomic mass is 9.38. The van der Waals surface area contributed by atoms with E-state index in [2.05, 4.69) is 20.4 Å². The second-order valence-electron chi connectivity index (χ2n) is 13.7. The number of rotatable bonds is 9. The van der Waals surface area contributed by atoms with E-state index >= 15 is 0 Å². The van der Waals surface area contributed by atoms with Crippen LogP contribution in [0.3, 0.4) is 0 Å². The van der Waals surface area contributed by atoms with Crippen molar-refractivity contribution in [1.29, 1.82) is 0 Å². The maximum Gasteiger partial charge on any atom is 0.389 e. The molecule has 0 spiro atoms. The number of fused-ring (bicyclic) bond motifs is 1. The van der Waals surface area contributed by atoms with Gasteiger partial charge in [-0.15, -0.1) is 5.10 Å². The van der Waals surface area contributed by atoms with Crippen LogP contribution in [0.1, 0.15) is 73.1 Å². The molecule has 8 rings (SSSR count). The first-order chi connectivity index (χ1) is 23.3. The third-order valence-electron chi connectivity index (χ3n) is 10.3. The molecule has 1 saturated heterocycles. The predicted octanol–water partition coefficient (Wildman–Crippen LogP) is 2.40. The lowest BCUT2D eigenvalue weighted by Gasteiger charge is -2.71. The first-order valence-electron chi connectivity index (χ1n) is 16.5. The van der Waals surface area contributed by atoms with Gasteiger partial charge in [0.1, 0.15) is 18.6 Å². The number of alkyl halides is 3. The first kappa shape index (κ1) is 33.0. The Balaban J connectivity index is 1.16. The van der Waals surface area contributed by atoms with Crippen molar-refractivity contribution in [2.75, 3.05) is 44.3 Å². The molecule has 3 aromatic heterocycles. The Morgan fingerprint density at radius 1 is 1.12 bits per heavy atom. The predicted molar refractivity (Wildman–Crippen MR) is 169 cm³/mol. The summed E-state index contributed by atoms with van der Waals surface area (Å²) in [6, 6.07) is 0. The molecular formula is C32H38F3N9O5. The second kappa shape index (κ2) is 12.1. The van der Waals surface area contributed by atoms with Crippen LogP contribution in [0.4, 0.5) is 18.9 Å². The van der Waals surface area contributed by atoms with E-state index in [0.717, 1.165) is 5.57 Å². The molecule has 14 nitrogen and oxygen atoms in total. The van der Waals surface area contributed by atoms with E-state index in [1.807, 2.05) is 17.9 Å². The molecule has 262 valence electrons. The number of aromatic hydroxyl groups is 1. The number of ether oxygens (including phenoxy) is 1. The van der Waals surface area contributed by atoms with Crippen LogP contribution in [0.5, 0.6) is 5.75 Å². The largest absolute Gasteiger partial charge is 0.504 e. The molecule has 3 aromatic rings. The summed E-state index contributed by atoms with van der Waals surface area (Å²) < 4.78 is 46.8. The van der Waals surface area contributed by atoms with Crippen molar-refractivity contribution in [3.05, 3.63) is 45.7 Å². The zero-order valence-corrected chi connectivity index (χ0v) is 27.3. The zero-order chi connectivity index (χ0) is 34.7. The molecule has 2 N–H and O–H groups in total. The van der Waals surface area contributed by atoms with E-state index in [9.17, 15) is 32.7 Å². The fraction of sp³-hybridized carbons (Fsp3) is 0.594. The van der Waals surface area contributed by atoms with Crippen LogP contribution in [-0.4, -0.2) is 102 Å². The maximum atomic E-state index is 14.2. The molecule has 3 saturated carbocycles. The van der Waals surface area contributed by atoms with Crippen LogP contribution in [-0.2, 0) is 22.5 Å². The molecule has 0 aromatic carbocycles. The lowest BCUT2D eigenvalue weighted by molar-refractivity contribution is -0.194. The molecular weight excluding hydrogens is 647 g/mol. The van der Waals surface area contributed by atoms with Gasteiger partial charge in [-0.3, -0.25) is 14.4 Å². The summed E-state index contributed by atoms with van der Waals surface area (Å²) in [4.78, 5) is 57.0. The summed E-state index contributed by atoms with van der Waals surface area (Å²) in [6.07, 6.45) is 0.651. The summed E-state index contributed by atoms with van der Waals surface area (Å²) in [5.41, 5.74) is 0.712. The Morgan fingerprint density at radius 2 is 1.86 bits per heavy atom.